The summed E-state index contributed by atoms with van der Waals surface area (Å²) in [6.07, 6.45) is 0.146. The highest BCUT2D eigenvalue weighted by Gasteiger charge is 2.31. The fourth-order valence-corrected chi connectivity index (χ4v) is 3.60. The van der Waals surface area contributed by atoms with Gasteiger partial charge in [0.15, 0.2) is 0 Å². The number of aryl methyl sites for hydroxylation is 2. The highest BCUT2D eigenvalue weighted by Crippen LogP contribution is 2.21. The lowest BCUT2D eigenvalue weighted by Gasteiger charge is -2.34. The van der Waals surface area contributed by atoms with Crippen molar-refractivity contribution in [1.82, 2.24) is 15.5 Å². The fraction of sp³-hybridized carbons (Fsp3) is 0.391. The lowest BCUT2D eigenvalue weighted by atomic mass is 10.0. The van der Waals surface area contributed by atoms with E-state index >= 15 is 0 Å². The van der Waals surface area contributed by atoms with Crippen LogP contribution >= 0.6 is 0 Å². The SMILES string of the molecule is COc1ccc(CN2CCNC(=O)[C@H]2CC(=O)NCc2ccc(C)cc2)cc1C. The van der Waals surface area contributed by atoms with E-state index in [9.17, 15) is 9.59 Å². The standard InChI is InChI=1S/C23H29N3O3/c1-16-4-6-18(7-5-16)14-25-22(27)13-20-23(28)24-10-11-26(20)15-19-8-9-21(29-3)17(2)12-19/h4-9,12,20H,10-11,13-15H2,1-3H3,(H,24,28)(H,25,27)/t20-/m1/s1. The Morgan fingerprint density at radius 1 is 1.17 bits per heavy atom. The highest BCUT2D eigenvalue weighted by atomic mass is 16.5. The number of nitrogens with one attached hydrogen (secondary N) is 2. The average molecular weight is 396 g/mol. The van der Waals surface area contributed by atoms with Gasteiger partial charge in [0, 0.05) is 26.2 Å². The Balaban J connectivity index is 1.61. The maximum absolute atomic E-state index is 12.5. The summed E-state index contributed by atoms with van der Waals surface area (Å²) < 4.78 is 5.32. The van der Waals surface area contributed by atoms with Gasteiger partial charge in [-0.3, -0.25) is 14.5 Å². The third-order valence-corrected chi connectivity index (χ3v) is 5.28. The van der Waals surface area contributed by atoms with Crippen molar-refractivity contribution in [1.29, 1.82) is 0 Å². The molecule has 3 rings (SSSR count). The molecule has 154 valence electrons. The van der Waals surface area contributed by atoms with Gasteiger partial charge in [-0.15, -0.1) is 0 Å². The summed E-state index contributed by atoms with van der Waals surface area (Å²) >= 11 is 0. The molecule has 2 aromatic carbocycles. The van der Waals surface area contributed by atoms with Crippen LogP contribution in [0.2, 0.25) is 0 Å². The molecule has 2 N–H and O–H groups in total. The number of rotatable bonds is 7. The highest BCUT2D eigenvalue weighted by molar-refractivity contribution is 5.88. The number of piperazine rings is 1. The summed E-state index contributed by atoms with van der Waals surface area (Å²) in [5, 5.41) is 5.82. The van der Waals surface area contributed by atoms with Crippen LogP contribution in [0.1, 0.15) is 28.7 Å². The summed E-state index contributed by atoms with van der Waals surface area (Å²) in [4.78, 5) is 27.0. The molecule has 29 heavy (non-hydrogen) atoms. The number of amides is 2. The van der Waals surface area contributed by atoms with Crippen molar-refractivity contribution in [2.24, 2.45) is 0 Å². The first kappa shape index (κ1) is 20.9. The molecule has 1 atom stereocenters. The smallest absolute Gasteiger partial charge is 0.237 e. The van der Waals surface area contributed by atoms with Gasteiger partial charge in [0.2, 0.25) is 11.8 Å². The van der Waals surface area contributed by atoms with Crippen LogP contribution < -0.4 is 15.4 Å². The fourth-order valence-electron chi connectivity index (χ4n) is 3.60. The molecule has 6 nitrogen and oxygen atoms in total. The molecule has 1 aliphatic heterocycles. The van der Waals surface area contributed by atoms with Crippen LogP contribution in [0.15, 0.2) is 42.5 Å². The summed E-state index contributed by atoms with van der Waals surface area (Å²) in [7, 11) is 1.65. The molecular formula is C23H29N3O3. The molecule has 1 heterocycles. The van der Waals surface area contributed by atoms with Crippen LogP contribution in [0, 0.1) is 13.8 Å². The number of hydrogen-bond donors (Lipinski definition) is 2. The number of carbonyl (C=O) groups excluding carboxylic acids is 2. The molecule has 2 aromatic rings. The normalized spacial score (nSPS) is 16.9. The molecule has 0 bridgehead atoms. The van der Waals surface area contributed by atoms with Gasteiger partial charge in [0.05, 0.1) is 19.6 Å². The molecule has 1 saturated heterocycles. The Morgan fingerprint density at radius 2 is 1.90 bits per heavy atom. The van der Waals surface area contributed by atoms with Crippen LogP contribution in [-0.2, 0) is 22.7 Å². The third kappa shape index (κ3) is 5.57. The van der Waals surface area contributed by atoms with E-state index in [-0.39, 0.29) is 18.2 Å². The van der Waals surface area contributed by atoms with E-state index < -0.39 is 6.04 Å². The first-order chi connectivity index (χ1) is 14.0. The predicted molar refractivity (Wildman–Crippen MR) is 113 cm³/mol. The number of ether oxygens (including phenoxy) is 1. The Bertz CT molecular complexity index is 864. The predicted octanol–water partition coefficient (Wildman–Crippen LogP) is 2.32. The van der Waals surface area contributed by atoms with Gasteiger partial charge in [-0.25, -0.2) is 0 Å². The topological polar surface area (TPSA) is 70.7 Å². The van der Waals surface area contributed by atoms with Gasteiger partial charge in [0.25, 0.3) is 0 Å². The van der Waals surface area contributed by atoms with Gasteiger partial charge in [-0.1, -0.05) is 42.0 Å². The van der Waals surface area contributed by atoms with Crippen LogP contribution in [-0.4, -0.2) is 43.0 Å². The molecular weight excluding hydrogens is 366 g/mol. The monoisotopic (exact) mass is 395 g/mol. The molecule has 1 aliphatic rings. The molecule has 1 fully saturated rings. The lowest BCUT2D eigenvalue weighted by Crippen LogP contribution is -2.56. The molecule has 2 amide bonds. The number of carbonyl (C=O) groups is 2. The zero-order valence-electron chi connectivity index (χ0n) is 17.3. The lowest BCUT2D eigenvalue weighted by molar-refractivity contribution is -0.134. The molecule has 0 unspecified atom stereocenters. The van der Waals surface area contributed by atoms with E-state index in [0.717, 1.165) is 22.4 Å². The second kappa shape index (κ2) is 9.56. The molecule has 0 aromatic heterocycles. The molecule has 0 saturated carbocycles. The zero-order chi connectivity index (χ0) is 20.8. The van der Waals surface area contributed by atoms with Crippen LogP contribution in [0.4, 0.5) is 0 Å². The average Bonchev–Trinajstić information content (AvgIpc) is 2.70. The number of hydrogen-bond acceptors (Lipinski definition) is 4. The van der Waals surface area contributed by atoms with E-state index in [4.69, 9.17) is 4.74 Å². The van der Waals surface area contributed by atoms with Gasteiger partial charge in [-0.05, 0) is 36.6 Å². The van der Waals surface area contributed by atoms with Gasteiger partial charge in [0.1, 0.15) is 5.75 Å². The van der Waals surface area contributed by atoms with E-state index in [1.807, 2.05) is 50.2 Å². The number of benzene rings is 2. The summed E-state index contributed by atoms with van der Waals surface area (Å²) in [6, 6.07) is 13.6. The second-order valence-electron chi connectivity index (χ2n) is 7.55. The van der Waals surface area contributed by atoms with Gasteiger partial charge in [-0.2, -0.15) is 0 Å². The third-order valence-electron chi connectivity index (χ3n) is 5.28. The second-order valence-corrected chi connectivity index (χ2v) is 7.55. The van der Waals surface area contributed by atoms with Crippen molar-refractivity contribution >= 4 is 11.8 Å². The summed E-state index contributed by atoms with van der Waals surface area (Å²) in [6.45, 7) is 6.42. The molecule has 0 spiro atoms. The number of methoxy groups -OCH3 is 1. The van der Waals surface area contributed by atoms with Crippen molar-refractivity contribution in [3.63, 3.8) is 0 Å². The van der Waals surface area contributed by atoms with E-state index in [1.165, 1.54) is 5.56 Å². The molecule has 0 radical (unpaired) electrons. The maximum Gasteiger partial charge on any atom is 0.237 e. The Hall–Kier alpha value is -2.86. The van der Waals surface area contributed by atoms with Gasteiger partial charge < -0.3 is 15.4 Å². The van der Waals surface area contributed by atoms with Crippen molar-refractivity contribution in [3.8, 4) is 5.75 Å². The largest absolute Gasteiger partial charge is 0.496 e. The minimum atomic E-state index is -0.468. The van der Waals surface area contributed by atoms with E-state index in [0.29, 0.717) is 26.2 Å². The molecule has 6 heteroatoms. The summed E-state index contributed by atoms with van der Waals surface area (Å²) in [5.41, 5.74) is 4.38. The van der Waals surface area contributed by atoms with Crippen LogP contribution in [0.3, 0.4) is 0 Å². The quantitative estimate of drug-likeness (QED) is 0.755. The van der Waals surface area contributed by atoms with Crippen molar-refractivity contribution in [2.75, 3.05) is 20.2 Å². The summed E-state index contributed by atoms with van der Waals surface area (Å²) in [5.74, 6) is 0.632. The zero-order valence-corrected chi connectivity index (χ0v) is 17.3. The van der Waals surface area contributed by atoms with Crippen LogP contribution in [0.25, 0.3) is 0 Å². The van der Waals surface area contributed by atoms with Crippen molar-refractivity contribution in [3.05, 3.63) is 64.7 Å². The van der Waals surface area contributed by atoms with Crippen molar-refractivity contribution in [2.45, 2.75) is 39.4 Å². The first-order valence-corrected chi connectivity index (χ1v) is 9.94. The minimum Gasteiger partial charge on any atom is -0.496 e. The Kier molecular flexibility index (Phi) is 6.88. The minimum absolute atomic E-state index is 0.0908. The Labute approximate surface area is 172 Å². The molecule has 0 aliphatic carbocycles. The Morgan fingerprint density at radius 3 is 2.59 bits per heavy atom. The van der Waals surface area contributed by atoms with E-state index in [2.05, 4.69) is 21.6 Å². The first-order valence-electron chi connectivity index (χ1n) is 9.94. The van der Waals surface area contributed by atoms with E-state index in [1.54, 1.807) is 7.11 Å². The van der Waals surface area contributed by atoms with Crippen molar-refractivity contribution < 1.29 is 14.3 Å². The van der Waals surface area contributed by atoms with Crippen LogP contribution in [0.5, 0.6) is 5.75 Å². The maximum atomic E-state index is 12.5. The van der Waals surface area contributed by atoms with Gasteiger partial charge >= 0.3 is 0 Å². The number of nitrogens with zero attached hydrogens (tertiary/aromatic N) is 1.